The van der Waals surface area contributed by atoms with Gasteiger partial charge in [-0.2, -0.15) is 0 Å². The number of hydrogen-bond acceptors (Lipinski definition) is 5. The predicted octanol–water partition coefficient (Wildman–Crippen LogP) is 3.14. The van der Waals surface area contributed by atoms with E-state index in [1.807, 2.05) is 27.5 Å². The van der Waals surface area contributed by atoms with Crippen molar-refractivity contribution < 1.29 is 14.3 Å². The van der Waals surface area contributed by atoms with E-state index in [4.69, 9.17) is 9.47 Å². The lowest BCUT2D eigenvalue weighted by atomic mass is 9.95. The molecule has 0 radical (unpaired) electrons. The van der Waals surface area contributed by atoms with Gasteiger partial charge in [-0.15, -0.1) is 0 Å². The Morgan fingerprint density at radius 2 is 1.97 bits per heavy atom. The lowest BCUT2D eigenvalue weighted by molar-refractivity contribution is 0.0759. The van der Waals surface area contributed by atoms with Crippen molar-refractivity contribution in [2.24, 2.45) is 0 Å². The third-order valence-electron chi connectivity index (χ3n) is 7.37. The van der Waals surface area contributed by atoms with Gasteiger partial charge in [0.25, 0.3) is 11.5 Å². The van der Waals surface area contributed by atoms with E-state index in [1.54, 1.807) is 13.3 Å². The van der Waals surface area contributed by atoms with E-state index in [1.165, 1.54) is 0 Å². The second-order valence-electron chi connectivity index (χ2n) is 9.00. The molecule has 0 bridgehead atoms. The number of carbonyl (C=O) groups is 1. The number of aromatic nitrogens is 3. The Balaban J connectivity index is 1.49. The van der Waals surface area contributed by atoms with E-state index in [-0.39, 0.29) is 23.4 Å². The highest BCUT2D eigenvalue weighted by Gasteiger charge is 2.44. The van der Waals surface area contributed by atoms with Gasteiger partial charge in [0.1, 0.15) is 17.1 Å². The molecule has 1 unspecified atom stereocenters. The average Bonchev–Trinajstić information content (AvgIpc) is 3.52. The molecule has 0 spiro atoms. The van der Waals surface area contributed by atoms with Gasteiger partial charge in [0.15, 0.2) is 0 Å². The fourth-order valence-corrected chi connectivity index (χ4v) is 5.82. The lowest BCUT2D eigenvalue weighted by Crippen LogP contribution is -2.22. The topological polar surface area (TPSA) is 88.9 Å². The number of H-pyrrole nitrogens is 1. The molecule has 4 aromatic rings. The van der Waals surface area contributed by atoms with Gasteiger partial charge >= 0.3 is 0 Å². The second-order valence-corrected chi connectivity index (χ2v) is 9.00. The van der Waals surface area contributed by atoms with Gasteiger partial charge in [-0.25, -0.2) is 4.98 Å². The average molecular weight is 442 g/mol. The first-order valence-corrected chi connectivity index (χ1v) is 11.3. The number of imidazole rings is 1. The van der Waals surface area contributed by atoms with Crippen molar-refractivity contribution in [1.82, 2.24) is 19.3 Å². The van der Waals surface area contributed by atoms with Crippen LogP contribution in [-0.4, -0.2) is 45.5 Å². The van der Waals surface area contributed by atoms with E-state index < -0.39 is 0 Å². The summed E-state index contributed by atoms with van der Waals surface area (Å²) in [5.74, 6) is 1.90. The van der Waals surface area contributed by atoms with Crippen LogP contribution in [0.5, 0.6) is 5.75 Å². The molecule has 1 amide bonds. The maximum Gasteiger partial charge on any atom is 0.274 e. The second kappa shape index (κ2) is 6.68. The molecule has 1 atom stereocenters. The maximum atomic E-state index is 13.4. The highest BCUT2D eigenvalue weighted by atomic mass is 16.5. The molecule has 1 N–H and O–H groups in total. The summed E-state index contributed by atoms with van der Waals surface area (Å²) < 4.78 is 13.1. The van der Waals surface area contributed by atoms with Gasteiger partial charge in [-0.3, -0.25) is 14.0 Å². The summed E-state index contributed by atoms with van der Waals surface area (Å²) in [7, 11) is 1.66. The number of nitrogens with zero attached hydrogens (tertiary/aromatic N) is 3. The van der Waals surface area contributed by atoms with Crippen LogP contribution >= 0.6 is 0 Å². The number of carbonyl (C=O) groups excluding carboxylic acids is 1. The third kappa shape index (κ3) is 2.47. The number of hydrogen-bond donors (Lipinski definition) is 1. The number of benzene rings is 2. The third-order valence-corrected chi connectivity index (χ3v) is 7.37. The van der Waals surface area contributed by atoms with Crippen LogP contribution in [-0.2, 0) is 11.3 Å². The van der Waals surface area contributed by atoms with E-state index in [9.17, 15) is 9.59 Å². The number of nitrogens with one attached hydrogen (secondary N) is 1. The Kier molecular flexibility index (Phi) is 3.82. The summed E-state index contributed by atoms with van der Waals surface area (Å²) >= 11 is 0. The molecular formula is C25H22N4O4. The molecule has 1 saturated heterocycles. The van der Waals surface area contributed by atoms with Gasteiger partial charge in [-0.1, -0.05) is 12.1 Å². The highest BCUT2D eigenvalue weighted by molar-refractivity contribution is 6.03. The molecule has 2 aromatic carbocycles. The van der Waals surface area contributed by atoms with Gasteiger partial charge < -0.3 is 19.4 Å². The number of aromatic amines is 1. The minimum Gasteiger partial charge on any atom is -0.496 e. The van der Waals surface area contributed by atoms with Gasteiger partial charge in [0.05, 0.1) is 36.9 Å². The molecule has 1 fully saturated rings. The smallest absolute Gasteiger partial charge is 0.274 e. The molecule has 2 aromatic heterocycles. The molecular weight excluding hydrogens is 420 g/mol. The fraction of sp³-hybridized carbons (Fsp3) is 0.320. The van der Waals surface area contributed by atoms with Crippen LogP contribution < -0.4 is 10.3 Å². The number of rotatable bonds is 2. The largest absolute Gasteiger partial charge is 0.496 e. The zero-order valence-electron chi connectivity index (χ0n) is 18.1. The fourth-order valence-electron chi connectivity index (χ4n) is 5.82. The van der Waals surface area contributed by atoms with Crippen LogP contribution in [0.25, 0.3) is 16.6 Å². The van der Waals surface area contributed by atoms with Crippen molar-refractivity contribution in [3.8, 4) is 5.75 Å². The van der Waals surface area contributed by atoms with Crippen LogP contribution in [0, 0.1) is 0 Å². The van der Waals surface area contributed by atoms with Crippen molar-refractivity contribution in [1.29, 1.82) is 0 Å². The first-order chi connectivity index (χ1) is 16.2. The summed E-state index contributed by atoms with van der Waals surface area (Å²) in [6, 6.07) is 9.72. The number of amides is 1. The molecule has 0 aliphatic carbocycles. The summed E-state index contributed by atoms with van der Waals surface area (Å²) in [5.41, 5.74) is 5.60. The first-order valence-electron chi connectivity index (χ1n) is 11.3. The van der Waals surface area contributed by atoms with E-state index in [0.717, 1.165) is 46.6 Å². The molecule has 0 saturated carbocycles. The van der Waals surface area contributed by atoms with E-state index >= 15 is 0 Å². The van der Waals surface area contributed by atoms with Crippen LogP contribution in [0.1, 0.15) is 57.7 Å². The Morgan fingerprint density at radius 1 is 1.12 bits per heavy atom. The van der Waals surface area contributed by atoms with Crippen molar-refractivity contribution in [3.05, 3.63) is 75.0 Å². The standard InChI is InChI=1S/C25H22N4O4/c1-32-21-4-2-3-14-17(21)12-28-22(14)15-10-19-18(9-16(15)25(28)31)27-24(30)20-11-26-23(29(19)20)13-5-7-33-8-6-13/h2-4,9-11,13,22H,5-8,12H2,1H3,(H,27,30). The minimum atomic E-state index is -0.200. The number of fused-ring (bicyclic) bond motifs is 8. The molecule has 8 heteroatoms. The molecule has 5 heterocycles. The zero-order valence-corrected chi connectivity index (χ0v) is 18.1. The summed E-state index contributed by atoms with van der Waals surface area (Å²) in [6.45, 7) is 1.90. The van der Waals surface area contributed by atoms with Crippen molar-refractivity contribution in [2.45, 2.75) is 31.3 Å². The highest BCUT2D eigenvalue weighted by Crippen LogP contribution is 2.48. The van der Waals surface area contributed by atoms with Crippen LogP contribution in [0.2, 0.25) is 0 Å². The van der Waals surface area contributed by atoms with Crippen LogP contribution in [0.3, 0.4) is 0 Å². The van der Waals surface area contributed by atoms with Gasteiger partial charge in [0, 0.05) is 30.3 Å². The molecule has 7 rings (SSSR count). The molecule has 3 aliphatic heterocycles. The monoisotopic (exact) mass is 442 g/mol. The molecule has 33 heavy (non-hydrogen) atoms. The summed E-state index contributed by atoms with van der Waals surface area (Å²) in [4.78, 5) is 35.7. The van der Waals surface area contributed by atoms with Gasteiger partial charge in [-0.05, 0) is 42.2 Å². The summed E-state index contributed by atoms with van der Waals surface area (Å²) in [6.07, 6.45) is 3.41. The van der Waals surface area contributed by atoms with Gasteiger partial charge in [0.2, 0.25) is 0 Å². The normalized spacial score (nSPS) is 19.8. The van der Waals surface area contributed by atoms with Crippen LogP contribution in [0.4, 0.5) is 0 Å². The van der Waals surface area contributed by atoms with E-state index in [2.05, 4.69) is 22.1 Å². The quantitative estimate of drug-likeness (QED) is 0.515. The SMILES string of the molecule is COc1cccc2c1CN1C(=O)c3cc4[nH]c(=O)c5cnc(C6CCOCC6)n5c4cc3C21. The minimum absolute atomic E-state index is 0.0219. The van der Waals surface area contributed by atoms with E-state index in [0.29, 0.717) is 36.4 Å². The first kappa shape index (κ1) is 18.9. The Bertz CT molecular complexity index is 1530. The number of ether oxygens (including phenoxy) is 2. The van der Waals surface area contributed by atoms with Crippen molar-refractivity contribution in [2.75, 3.05) is 20.3 Å². The Labute approximate surface area is 188 Å². The van der Waals surface area contributed by atoms with Crippen LogP contribution in [0.15, 0.2) is 41.3 Å². The molecule has 3 aliphatic rings. The molecule has 166 valence electrons. The lowest BCUT2D eigenvalue weighted by Gasteiger charge is -2.21. The summed E-state index contributed by atoms with van der Waals surface area (Å²) in [5, 5.41) is 0. The Hall–Kier alpha value is -3.65. The number of methoxy groups -OCH3 is 1. The Morgan fingerprint density at radius 3 is 2.79 bits per heavy atom. The van der Waals surface area contributed by atoms with Crippen molar-refractivity contribution >= 4 is 22.5 Å². The molecule has 8 nitrogen and oxygen atoms in total. The maximum absolute atomic E-state index is 13.4. The zero-order chi connectivity index (χ0) is 22.3. The van der Waals surface area contributed by atoms with Crippen molar-refractivity contribution in [3.63, 3.8) is 0 Å². The predicted molar refractivity (Wildman–Crippen MR) is 121 cm³/mol.